The molecule has 1 aromatic carbocycles. The van der Waals surface area contributed by atoms with Crippen LogP contribution < -0.4 is 5.73 Å². The molecule has 0 saturated heterocycles. The molecule has 0 heterocycles. The van der Waals surface area contributed by atoms with Gasteiger partial charge in [0, 0.05) is 25.7 Å². The average Bonchev–Trinajstić information content (AvgIpc) is 2.27. The number of nitrogens with two attached hydrogens (primary N) is 1. The molecule has 0 spiro atoms. The van der Waals surface area contributed by atoms with Crippen molar-refractivity contribution in [1.82, 2.24) is 4.90 Å². The van der Waals surface area contributed by atoms with Crippen molar-refractivity contribution < 1.29 is 0 Å². The monoisotopic (exact) mass is 262 g/mol. The lowest BCUT2D eigenvalue weighted by Gasteiger charge is -2.29. The highest BCUT2D eigenvalue weighted by Gasteiger charge is 2.14. The van der Waals surface area contributed by atoms with Gasteiger partial charge in [0.05, 0.1) is 0 Å². The minimum atomic E-state index is 0.109. The molecule has 0 fully saturated rings. The lowest BCUT2D eigenvalue weighted by molar-refractivity contribution is 0.207. The molecule has 0 aliphatic carbocycles. The van der Waals surface area contributed by atoms with Crippen molar-refractivity contribution in [2.75, 3.05) is 19.6 Å². The highest BCUT2D eigenvalue weighted by atomic mass is 15.1. The van der Waals surface area contributed by atoms with E-state index < -0.39 is 0 Å². The Labute approximate surface area is 119 Å². The first-order valence-corrected chi connectivity index (χ1v) is 7.43. The topological polar surface area (TPSA) is 29.3 Å². The van der Waals surface area contributed by atoms with E-state index in [2.05, 4.69) is 63.8 Å². The van der Waals surface area contributed by atoms with Crippen molar-refractivity contribution in [1.29, 1.82) is 0 Å². The van der Waals surface area contributed by atoms with Gasteiger partial charge in [-0.25, -0.2) is 0 Å². The van der Waals surface area contributed by atoms with Crippen LogP contribution in [0.25, 0.3) is 0 Å². The fourth-order valence-electron chi connectivity index (χ4n) is 2.45. The van der Waals surface area contributed by atoms with E-state index in [4.69, 9.17) is 5.73 Å². The third kappa shape index (κ3) is 6.22. The Balaban J connectivity index is 2.63. The first kappa shape index (κ1) is 16.2. The summed E-state index contributed by atoms with van der Waals surface area (Å²) in [5.41, 5.74) is 8.88. The van der Waals surface area contributed by atoms with Crippen LogP contribution in [0.4, 0.5) is 0 Å². The fourth-order valence-corrected chi connectivity index (χ4v) is 2.45. The van der Waals surface area contributed by atoms with Gasteiger partial charge in [-0.2, -0.15) is 0 Å². The quantitative estimate of drug-likeness (QED) is 0.813. The number of nitrogens with zero attached hydrogens (tertiary/aromatic N) is 1. The highest BCUT2D eigenvalue weighted by molar-refractivity contribution is 5.24. The van der Waals surface area contributed by atoms with Gasteiger partial charge < -0.3 is 10.6 Å². The molecular weight excluding hydrogens is 232 g/mol. The van der Waals surface area contributed by atoms with E-state index in [9.17, 15) is 0 Å². The summed E-state index contributed by atoms with van der Waals surface area (Å²) in [7, 11) is 0. The van der Waals surface area contributed by atoms with Gasteiger partial charge in [-0.15, -0.1) is 0 Å². The Hall–Kier alpha value is -0.860. The van der Waals surface area contributed by atoms with Gasteiger partial charge in [0.2, 0.25) is 0 Å². The van der Waals surface area contributed by atoms with E-state index in [0.717, 1.165) is 19.6 Å². The van der Waals surface area contributed by atoms with Crippen LogP contribution in [0.1, 0.15) is 44.9 Å². The summed E-state index contributed by atoms with van der Waals surface area (Å²) < 4.78 is 0. The van der Waals surface area contributed by atoms with E-state index >= 15 is 0 Å². The van der Waals surface area contributed by atoms with Gasteiger partial charge in [0.25, 0.3) is 0 Å². The van der Waals surface area contributed by atoms with Gasteiger partial charge in [-0.1, -0.05) is 57.5 Å². The average molecular weight is 262 g/mol. The SMILES string of the molecule is Cc1ccc(C(N)CN(CC(C)C)CC(C)C)cc1. The molecule has 0 bridgehead atoms. The molecule has 2 nitrogen and oxygen atoms in total. The molecule has 2 heteroatoms. The van der Waals surface area contributed by atoms with E-state index in [1.165, 1.54) is 11.1 Å². The second kappa shape index (κ2) is 7.66. The number of hydrogen-bond acceptors (Lipinski definition) is 2. The molecule has 0 aliphatic heterocycles. The van der Waals surface area contributed by atoms with E-state index in [0.29, 0.717) is 11.8 Å². The van der Waals surface area contributed by atoms with Crippen molar-refractivity contribution in [3.8, 4) is 0 Å². The zero-order valence-electron chi connectivity index (χ0n) is 13.2. The second-order valence-corrected chi connectivity index (χ2v) is 6.52. The van der Waals surface area contributed by atoms with Gasteiger partial charge in [0.1, 0.15) is 0 Å². The predicted molar refractivity (Wildman–Crippen MR) is 84.2 cm³/mol. The molecule has 0 aliphatic rings. The third-order valence-corrected chi connectivity index (χ3v) is 3.21. The molecule has 1 unspecified atom stereocenters. The fraction of sp³-hybridized carbons (Fsp3) is 0.647. The first-order valence-electron chi connectivity index (χ1n) is 7.43. The van der Waals surface area contributed by atoms with Crippen LogP contribution in [0.3, 0.4) is 0 Å². The van der Waals surface area contributed by atoms with Crippen LogP contribution in [-0.4, -0.2) is 24.5 Å². The van der Waals surface area contributed by atoms with Crippen LogP contribution >= 0.6 is 0 Å². The van der Waals surface area contributed by atoms with Gasteiger partial charge in [0.15, 0.2) is 0 Å². The number of hydrogen-bond donors (Lipinski definition) is 1. The summed E-state index contributed by atoms with van der Waals surface area (Å²) in [6, 6.07) is 8.71. The Bertz CT molecular complexity index is 344. The molecule has 1 rings (SSSR count). The Kier molecular flexibility index (Phi) is 6.53. The van der Waals surface area contributed by atoms with Crippen LogP contribution in [0, 0.1) is 18.8 Å². The minimum absolute atomic E-state index is 0.109. The van der Waals surface area contributed by atoms with Crippen molar-refractivity contribution in [2.24, 2.45) is 17.6 Å². The number of rotatable bonds is 7. The van der Waals surface area contributed by atoms with Gasteiger partial charge in [-0.05, 0) is 24.3 Å². The molecular formula is C17H30N2. The maximum atomic E-state index is 6.36. The third-order valence-electron chi connectivity index (χ3n) is 3.21. The maximum Gasteiger partial charge on any atom is 0.0424 e. The summed E-state index contributed by atoms with van der Waals surface area (Å²) in [4.78, 5) is 2.50. The summed E-state index contributed by atoms with van der Waals surface area (Å²) in [5, 5.41) is 0. The molecule has 0 radical (unpaired) electrons. The Morgan fingerprint density at radius 1 is 0.895 bits per heavy atom. The summed E-state index contributed by atoms with van der Waals surface area (Å²) in [5.74, 6) is 1.37. The van der Waals surface area contributed by atoms with Crippen LogP contribution in [-0.2, 0) is 0 Å². The van der Waals surface area contributed by atoms with Crippen molar-refractivity contribution in [3.05, 3.63) is 35.4 Å². The van der Waals surface area contributed by atoms with Crippen molar-refractivity contribution in [3.63, 3.8) is 0 Å². The van der Waals surface area contributed by atoms with Crippen LogP contribution in [0.5, 0.6) is 0 Å². The summed E-state index contributed by atoms with van der Waals surface area (Å²) in [6.45, 7) is 14.4. The van der Waals surface area contributed by atoms with Crippen LogP contribution in [0.2, 0.25) is 0 Å². The van der Waals surface area contributed by atoms with Crippen molar-refractivity contribution >= 4 is 0 Å². The summed E-state index contributed by atoms with van der Waals surface area (Å²) >= 11 is 0. The van der Waals surface area contributed by atoms with E-state index in [1.54, 1.807) is 0 Å². The van der Waals surface area contributed by atoms with Gasteiger partial charge >= 0.3 is 0 Å². The zero-order valence-corrected chi connectivity index (χ0v) is 13.2. The maximum absolute atomic E-state index is 6.36. The minimum Gasteiger partial charge on any atom is -0.323 e. The molecule has 1 atom stereocenters. The van der Waals surface area contributed by atoms with E-state index in [-0.39, 0.29) is 6.04 Å². The zero-order chi connectivity index (χ0) is 14.4. The largest absolute Gasteiger partial charge is 0.323 e. The second-order valence-electron chi connectivity index (χ2n) is 6.52. The van der Waals surface area contributed by atoms with E-state index in [1.807, 2.05) is 0 Å². The molecule has 19 heavy (non-hydrogen) atoms. The van der Waals surface area contributed by atoms with Gasteiger partial charge in [-0.3, -0.25) is 0 Å². The Morgan fingerprint density at radius 3 is 1.79 bits per heavy atom. The molecule has 0 saturated carbocycles. The highest BCUT2D eigenvalue weighted by Crippen LogP contribution is 2.14. The smallest absolute Gasteiger partial charge is 0.0424 e. The Morgan fingerprint density at radius 2 is 1.37 bits per heavy atom. The molecule has 108 valence electrons. The predicted octanol–water partition coefficient (Wildman–Crippen LogP) is 3.61. The van der Waals surface area contributed by atoms with Crippen LogP contribution in [0.15, 0.2) is 24.3 Å². The molecule has 2 N–H and O–H groups in total. The first-order chi connectivity index (χ1) is 8.88. The molecule has 0 amide bonds. The summed E-state index contributed by atoms with van der Waals surface area (Å²) in [6.07, 6.45) is 0. The molecule has 1 aromatic rings. The standard InChI is InChI=1S/C17H30N2/c1-13(2)10-19(11-14(3)4)12-17(18)16-8-6-15(5)7-9-16/h6-9,13-14,17H,10-12,18H2,1-5H3. The lowest BCUT2D eigenvalue weighted by Crippen LogP contribution is -2.37. The normalized spacial score (nSPS) is 13.5. The number of benzene rings is 1. The lowest BCUT2D eigenvalue weighted by atomic mass is 10.0. The van der Waals surface area contributed by atoms with Crippen molar-refractivity contribution in [2.45, 2.75) is 40.7 Å². The molecule has 0 aromatic heterocycles. The number of aryl methyl sites for hydroxylation is 1.